The smallest absolute Gasteiger partial charge is 0.336 e. The maximum absolute atomic E-state index is 12.2. The standard InChI is InChI=1S/C25H26N2O7/c1-14(2)23(25(31)32)27-20(28)12-26-21(29)13-33-19-10-9-17-18(16-7-5-4-6-8-16)11-22(30)34-24(17)15(19)3/h4-11,14,23H,12-13H2,1-3H3,(H,26,29)(H,27,28)(H,31,32)/t23-/m0/s1. The van der Waals surface area contributed by atoms with Crippen molar-refractivity contribution in [3.63, 3.8) is 0 Å². The van der Waals surface area contributed by atoms with E-state index >= 15 is 0 Å². The molecule has 3 N–H and O–H groups in total. The molecule has 34 heavy (non-hydrogen) atoms. The third-order valence-corrected chi connectivity index (χ3v) is 5.25. The molecular weight excluding hydrogens is 440 g/mol. The van der Waals surface area contributed by atoms with Crippen LogP contribution < -0.4 is 21.0 Å². The van der Waals surface area contributed by atoms with Crippen LogP contribution in [0.2, 0.25) is 0 Å². The largest absolute Gasteiger partial charge is 0.483 e. The quantitative estimate of drug-likeness (QED) is 0.412. The molecule has 0 saturated carbocycles. The van der Waals surface area contributed by atoms with E-state index in [1.54, 1.807) is 32.9 Å². The molecule has 2 amide bonds. The Balaban J connectivity index is 1.67. The Labute approximate surface area is 195 Å². The molecule has 0 aliphatic rings. The maximum Gasteiger partial charge on any atom is 0.336 e. The lowest BCUT2D eigenvalue weighted by molar-refractivity contribution is -0.143. The highest BCUT2D eigenvalue weighted by molar-refractivity contribution is 5.95. The van der Waals surface area contributed by atoms with Gasteiger partial charge in [-0.3, -0.25) is 9.59 Å². The Morgan fingerprint density at radius 2 is 1.76 bits per heavy atom. The van der Waals surface area contributed by atoms with Crippen LogP contribution in [-0.4, -0.2) is 42.1 Å². The molecule has 178 valence electrons. The van der Waals surface area contributed by atoms with Crippen molar-refractivity contribution in [2.45, 2.75) is 26.8 Å². The molecular formula is C25H26N2O7. The second kappa shape index (κ2) is 10.7. The Kier molecular flexibility index (Phi) is 7.68. The van der Waals surface area contributed by atoms with Gasteiger partial charge in [-0.15, -0.1) is 0 Å². The number of fused-ring (bicyclic) bond motifs is 1. The van der Waals surface area contributed by atoms with E-state index in [2.05, 4.69) is 10.6 Å². The summed E-state index contributed by atoms with van der Waals surface area (Å²) in [6.07, 6.45) is 0. The molecule has 0 spiro atoms. The van der Waals surface area contributed by atoms with Gasteiger partial charge in [0.15, 0.2) is 6.61 Å². The Hall–Kier alpha value is -4.14. The molecule has 0 radical (unpaired) electrons. The molecule has 1 aromatic heterocycles. The van der Waals surface area contributed by atoms with Gasteiger partial charge in [-0.05, 0) is 36.1 Å². The minimum atomic E-state index is -1.15. The van der Waals surface area contributed by atoms with Gasteiger partial charge >= 0.3 is 11.6 Å². The van der Waals surface area contributed by atoms with Gasteiger partial charge in [-0.25, -0.2) is 9.59 Å². The van der Waals surface area contributed by atoms with Crippen LogP contribution in [0.5, 0.6) is 5.75 Å². The molecule has 0 bridgehead atoms. The first-order valence-corrected chi connectivity index (χ1v) is 10.7. The van der Waals surface area contributed by atoms with Crippen LogP contribution in [0.15, 0.2) is 57.7 Å². The van der Waals surface area contributed by atoms with E-state index < -0.39 is 29.5 Å². The van der Waals surface area contributed by atoms with E-state index in [0.717, 1.165) is 16.5 Å². The number of carbonyl (C=O) groups excluding carboxylic acids is 2. The average Bonchev–Trinajstić information content (AvgIpc) is 2.80. The first kappa shape index (κ1) is 24.5. The van der Waals surface area contributed by atoms with Gasteiger partial charge in [-0.1, -0.05) is 44.2 Å². The molecule has 0 fully saturated rings. The fraction of sp³-hybridized carbons (Fsp3) is 0.280. The summed E-state index contributed by atoms with van der Waals surface area (Å²) in [6.45, 7) is 4.29. The predicted octanol–water partition coefficient (Wildman–Crippen LogP) is 2.49. The monoisotopic (exact) mass is 466 g/mol. The number of aliphatic carboxylic acids is 1. The molecule has 0 aliphatic carbocycles. The number of hydrogen-bond acceptors (Lipinski definition) is 6. The molecule has 9 nitrogen and oxygen atoms in total. The molecule has 9 heteroatoms. The highest BCUT2D eigenvalue weighted by Gasteiger charge is 2.23. The Morgan fingerprint density at radius 3 is 2.41 bits per heavy atom. The van der Waals surface area contributed by atoms with E-state index in [0.29, 0.717) is 16.9 Å². The number of ether oxygens (including phenoxy) is 1. The van der Waals surface area contributed by atoms with Crippen molar-refractivity contribution in [1.82, 2.24) is 10.6 Å². The maximum atomic E-state index is 12.2. The normalized spacial score (nSPS) is 11.8. The van der Waals surface area contributed by atoms with Crippen LogP contribution in [-0.2, 0) is 14.4 Å². The molecule has 0 unspecified atom stereocenters. The van der Waals surface area contributed by atoms with Gasteiger partial charge < -0.3 is 24.9 Å². The first-order valence-electron chi connectivity index (χ1n) is 10.7. The molecule has 0 saturated heterocycles. The third-order valence-electron chi connectivity index (χ3n) is 5.25. The lowest BCUT2D eigenvalue weighted by atomic mass is 10.0. The lowest BCUT2D eigenvalue weighted by Crippen LogP contribution is -2.48. The first-order chi connectivity index (χ1) is 16.2. The highest BCUT2D eigenvalue weighted by atomic mass is 16.5. The van der Waals surface area contributed by atoms with Crippen molar-refractivity contribution in [3.05, 3.63) is 64.5 Å². The third kappa shape index (κ3) is 5.80. The second-order valence-corrected chi connectivity index (χ2v) is 8.10. The van der Waals surface area contributed by atoms with E-state index in [1.807, 2.05) is 30.3 Å². The molecule has 0 aliphatic heterocycles. The van der Waals surface area contributed by atoms with E-state index in [9.17, 15) is 19.2 Å². The van der Waals surface area contributed by atoms with Crippen LogP contribution in [0.25, 0.3) is 22.1 Å². The van der Waals surface area contributed by atoms with Crippen molar-refractivity contribution in [3.8, 4) is 16.9 Å². The summed E-state index contributed by atoms with van der Waals surface area (Å²) in [5, 5.41) is 14.6. The fourth-order valence-electron chi connectivity index (χ4n) is 3.47. The van der Waals surface area contributed by atoms with Crippen LogP contribution in [0.3, 0.4) is 0 Å². The van der Waals surface area contributed by atoms with Crippen LogP contribution in [0.4, 0.5) is 0 Å². The van der Waals surface area contributed by atoms with Crippen LogP contribution in [0, 0.1) is 12.8 Å². The van der Waals surface area contributed by atoms with Crippen LogP contribution in [0.1, 0.15) is 19.4 Å². The van der Waals surface area contributed by atoms with Gasteiger partial charge in [0.1, 0.15) is 17.4 Å². The number of hydrogen-bond donors (Lipinski definition) is 3. The van der Waals surface area contributed by atoms with E-state index in [-0.39, 0.29) is 19.1 Å². The minimum absolute atomic E-state index is 0.307. The second-order valence-electron chi connectivity index (χ2n) is 8.10. The van der Waals surface area contributed by atoms with Gasteiger partial charge in [0.25, 0.3) is 5.91 Å². The number of carboxylic acids is 1. The van der Waals surface area contributed by atoms with Crippen molar-refractivity contribution in [2.24, 2.45) is 5.92 Å². The summed E-state index contributed by atoms with van der Waals surface area (Å²) < 4.78 is 11.0. The fourth-order valence-corrected chi connectivity index (χ4v) is 3.47. The Bertz CT molecular complexity index is 1270. The predicted molar refractivity (Wildman–Crippen MR) is 126 cm³/mol. The molecule has 1 atom stereocenters. The van der Waals surface area contributed by atoms with E-state index in [4.69, 9.17) is 14.3 Å². The summed E-state index contributed by atoms with van der Waals surface area (Å²) in [4.78, 5) is 47.4. The molecule has 3 rings (SSSR count). The zero-order valence-corrected chi connectivity index (χ0v) is 19.1. The average molecular weight is 466 g/mol. The van der Waals surface area contributed by atoms with Crippen LogP contribution >= 0.6 is 0 Å². The molecule has 2 aromatic carbocycles. The van der Waals surface area contributed by atoms with Crippen molar-refractivity contribution < 1.29 is 28.6 Å². The summed E-state index contributed by atoms with van der Waals surface area (Å²) >= 11 is 0. The van der Waals surface area contributed by atoms with Gasteiger partial charge in [0.05, 0.1) is 6.54 Å². The van der Waals surface area contributed by atoms with Crippen molar-refractivity contribution >= 4 is 28.8 Å². The highest BCUT2D eigenvalue weighted by Crippen LogP contribution is 2.32. The number of carbonyl (C=O) groups is 3. The summed E-state index contributed by atoms with van der Waals surface area (Å²) in [5.41, 5.74) is 2.01. The van der Waals surface area contributed by atoms with E-state index in [1.165, 1.54) is 6.07 Å². The van der Waals surface area contributed by atoms with Gasteiger partial charge in [0.2, 0.25) is 5.91 Å². The SMILES string of the molecule is Cc1c(OCC(=O)NCC(=O)N[C@H](C(=O)O)C(C)C)ccc2c(-c3ccccc3)cc(=O)oc12. The number of benzene rings is 2. The number of nitrogens with one attached hydrogen (secondary N) is 2. The molecule has 1 heterocycles. The van der Waals surface area contributed by atoms with Crippen molar-refractivity contribution in [1.29, 1.82) is 0 Å². The number of aryl methyl sites for hydroxylation is 1. The lowest BCUT2D eigenvalue weighted by Gasteiger charge is -2.18. The van der Waals surface area contributed by atoms with Gasteiger partial charge in [0, 0.05) is 17.0 Å². The molecule has 3 aromatic rings. The number of rotatable bonds is 9. The number of amides is 2. The zero-order valence-electron chi connectivity index (χ0n) is 19.1. The van der Waals surface area contributed by atoms with Crippen molar-refractivity contribution in [2.75, 3.05) is 13.2 Å². The van der Waals surface area contributed by atoms with Gasteiger partial charge in [-0.2, -0.15) is 0 Å². The Morgan fingerprint density at radius 1 is 1.06 bits per heavy atom. The topological polar surface area (TPSA) is 135 Å². The number of carboxylic acid groups (broad SMARTS) is 1. The zero-order chi connectivity index (χ0) is 24.8. The summed E-state index contributed by atoms with van der Waals surface area (Å²) in [6, 6.07) is 13.3. The minimum Gasteiger partial charge on any atom is -0.483 e. The summed E-state index contributed by atoms with van der Waals surface area (Å²) in [5.74, 6) is -2.28. The summed E-state index contributed by atoms with van der Waals surface area (Å²) in [7, 11) is 0.